The van der Waals surface area contributed by atoms with E-state index >= 15 is 0 Å². The SMILES string of the molecule is CC(=O)c1cccc(C#Cc2ccc(N3CCN(N(C(C)CC(=O)O)S(=O)O)CC3)cc2)c1. The van der Waals surface area contributed by atoms with Gasteiger partial charge in [0.25, 0.3) is 0 Å². The van der Waals surface area contributed by atoms with E-state index in [1.165, 1.54) is 11.3 Å². The number of aliphatic carboxylic acids is 1. The van der Waals surface area contributed by atoms with Crippen LogP contribution in [0.1, 0.15) is 41.8 Å². The maximum Gasteiger partial charge on any atom is 0.305 e. The van der Waals surface area contributed by atoms with Crippen LogP contribution in [-0.4, -0.2) is 67.3 Å². The summed E-state index contributed by atoms with van der Waals surface area (Å²) in [6.45, 7) is 5.44. The summed E-state index contributed by atoms with van der Waals surface area (Å²) in [4.78, 5) is 24.7. The number of nitrogens with zero attached hydrogens (tertiary/aromatic N) is 3. The molecule has 0 saturated carbocycles. The molecule has 2 atom stereocenters. The van der Waals surface area contributed by atoms with Crippen LogP contribution in [0.2, 0.25) is 0 Å². The zero-order chi connectivity index (χ0) is 24.0. The minimum absolute atomic E-state index is 0.00722. The van der Waals surface area contributed by atoms with Crippen LogP contribution in [-0.2, 0) is 16.1 Å². The molecule has 8 nitrogen and oxygen atoms in total. The van der Waals surface area contributed by atoms with Crippen molar-refractivity contribution in [2.24, 2.45) is 0 Å². The zero-order valence-corrected chi connectivity index (χ0v) is 19.4. The summed E-state index contributed by atoms with van der Waals surface area (Å²) in [6.07, 6.45) is -0.214. The number of Topliss-reactive ketones (excluding diaryl/α,β-unsaturated/α-hetero) is 1. The quantitative estimate of drug-likeness (QED) is 0.365. The van der Waals surface area contributed by atoms with E-state index in [4.69, 9.17) is 5.11 Å². The highest BCUT2D eigenvalue weighted by atomic mass is 32.2. The van der Waals surface area contributed by atoms with Gasteiger partial charge < -0.3 is 10.0 Å². The van der Waals surface area contributed by atoms with Gasteiger partial charge in [0.1, 0.15) is 0 Å². The van der Waals surface area contributed by atoms with Crippen LogP contribution in [0.25, 0.3) is 0 Å². The van der Waals surface area contributed by atoms with Gasteiger partial charge in [-0.3, -0.25) is 14.1 Å². The summed E-state index contributed by atoms with van der Waals surface area (Å²) in [5.41, 5.74) is 3.30. The molecule has 0 amide bonds. The minimum atomic E-state index is -2.29. The molecule has 9 heteroatoms. The molecule has 1 saturated heterocycles. The first-order chi connectivity index (χ1) is 15.7. The highest BCUT2D eigenvalue weighted by Gasteiger charge is 2.30. The van der Waals surface area contributed by atoms with Gasteiger partial charge in [-0.1, -0.05) is 24.0 Å². The van der Waals surface area contributed by atoms with E-state index in [1.54, 1.807) is 24.1 Å². The van der Waals surface area contributed by atoms with Crippen molar-refractivity contribution in [2.75, 3.05) is 31.1 Å². The Kier molecular flexibility index (Phi) is 8.36. The van der Waals surface area contributed by atoms with Crippen LogP contribution in [0.5, 0.6) is 0 Å². The van der Waals surface area contributed by atoms with Crippen LogP contribution < -0.4 is 4.90 Å². The van der Waals surface area contributed by atoms with Gasteiger partial charge in [-0.05, 0) is 50.2 Å². The summed E-state index contributed by atoms with van der Waals surface area (Å²) >= 11 is -2.29. The van der Waals surface area contributed by atoms with Crippen molar-refractivity contribution in [3.8, 4) is 11.8 Å². The smallest absolute Gasteiger partial charge is 0.305 e. The minimum Gasteiger partial charge on any atom is -0.481 e. The summed E-state index contributed by atoms with van der Waals surface area (Å²) in [5, 5.41) is 10.8. The van der Waals surface area contributed by atoms with Gasteiger partial charge >= 0.3 is 5.97 Å². The third-order valence-electron chi connectivity index (χ3n) is 5.39. The molecule has 3 rings (SSSR count). The summed E-state index contributed by atoms with van der Waals surface area (Å²) in [7, 11) is 0. The Morgan fingerprint density at radius 2 is 1.70 bits per heavy atom. The Morgan fingerprint density at radius 1 is 1.06 bits per heavy atom. The molecule has 2 aromatic rings. The Morgan fingerprint density at radius 3 is 2.27 bits per heavy atom. The fourth-order valence-corrected chi connectivity index (χ4v) is 4.47. The van der Waals surface area contributed by atoms with Gasteiger partial charge in [0.05, 0.1) is 6.42 Å². The molecule has 0 radical (unpaired) electrons. The van der Waals surface area contributed by atoms with Crippen molar-refractivity contribution in [1.82, 2.24) is 9.42 Å². The lowest BCUT2D eigenvalue weighted by Gasteiger charge is -2.41. The van der Waals surface area contributed by atoms with Crippen molar-refractivity contribution >= 4 is 28.7 Å². The average molecular weight is 470 g/mol. The molecule has 1 fully saturated rings. The molecular weight excluding hydrogens is 442 g/mol. The molecular formula is C24H27N3O5S. The highest BCUT2D eigenvalue weighted by Crippen LogP contribution is 2.20. The van der Waals surface area contributed by atoms with Crippen LogP contribution in [0.15, 0.2) is 48.5 Å². The molecule has 1 aliphatic rings. The molecule has 0 aromatic heterocycles. The second-order valence-corrected chi connectivity index (χ2v) is 8.69. The van der Waals surface area contributed by atoms with E-state index < -0.39 is 23.3 Å². The fraction of sp³-hybridized carbons (Fsp3) is 0.333. The van der Waals surface area contributed by atoms with E-state index in [0.29, 0.717) is 31.7 Å². The number of carbonyl (C=O) groups excluding carboxylic acids is 1. The van der Waals surface area contributed by atoms with Crippen molar-refractivity contribution in [3.05, 3.63) is 65.2 Å². The van der Waals surface area contributed by atoms with Crippen molar-refractivity contribution in [3.63, 3.8) is 0 Å². The number of hydrazine groups is 1. The molecule has 0 bridgehead atoms. The lowest BCUT2D eigenvalue weighted by atomic mass is 10.1. The fourth-order valence-electron chi connectivity index (χ4n) is 3.73. The Hall–Kier alpha value is -3.03. The molecule has 1 heterocycles. The topological polar surface area (TPSA) is 101 Å². The third kappa shape index (κ3) is 6.73. The number of piperazine rings is 1. The summed E-state index contributed by atoms with van der Waals surface area (Å²) in [6, 6.07) is 14.5. The predicted molar refractivity (Wildman–Crippen MR) is 127 cm³/mol. The second kappa shape index (κ2) is 11.2. The molecule has 0 aliphatic carbocycles. The lowest BCUT2D eigenvalue weighted by molar-refractivity contribution is -0.139. The number of ketones is 1. The second-order valence-electron chi connectivity index (χ2n) is 7.85. The van der Waals surface area contributed by atoms with E-state index in [0.717, 1.165) is 16.8 Å². The molecule has 33 heavy (non-hydrogen) atoms. The highest BCUT2D eigenvalue weighted by molar-refractivity contribution is 7.76. The number of carboxylic acids is 1. The number of anilines is 1. The first kappa shape index (κ1) is 24.6. The molecule has 2 aromatic carbocycles. The lowest BCUT2D eigenvalue weighted by Crippen LogP contribution is -2.57. The van der Waals surface area contributed by atoms with E-state index in [1.807, 2.05) is 36.4 Å². The predicted octanol–water partition coefficient (Wildman–Crippen LogP) is 2.63. The van der Waals surface area contributed by atoms with Crippen LogP contribution in [0.3, 0.4) is 0 Å². The van der Waals surface area contributed by atoms with Gasteiger partial charge in [0.15, 0.2) is 5.78 Å². The molecule has 0 spiro atoms. The molecule has 1 aliphatic heterocycles. The standard InChI is InChI=1S/C24H27N3O5S/c1-18(16-24(29)30)27(33(31)32)26-14-12-25(13-15-26)23-10-8-20(9-11-23)6-7-21-4-3-5-22(17-21)19(2)28/h3-5,8-11,17-18H,12-16H2,1-2H3,(H,29,30)(H,31,32). The maximum absolute atomic E-state index is 11.8. The number of benzene rings is 2. The van der Waals surface area contributed by atoms with Crippen LogP contribution in [0.4, 0.5) is 5.69 Å². The number of hydrogen-bond donors (Lipinski definition) is 2. The van der Waals surface area contributed by atoms with Crippen molar-refractivity contribution in [2.45, 2.75) is 26.3 Å². The number of rotatable bonds is 7. The van der Waals surface area contributed by atoms with Gasteiger partial charge in [-0.15, -0.1) is 4.41 Å². The van der Waals surface area contributed by atoms with E-state index in [-0.39, 0.29) is 12.2 Å². The Balaban J connectivity index is 1.62. The van der Waals surface area contributed by atoms with E-state index in [9.17, 15) is 18.4 Å². The number of carboxylic acid groups (broad SMARTS) is 1. The summed E-state index contributed by atoms with van der Waals surface area (Å²) < 4.78 is 22.7. The van der Waals surface area contributed by atoms with Gasteiger partial charge in [-0.2, -0.15) is 0 Å². The van der Waals surface area contributed by atoms with E-state index in [2.05, 4.69) is 16.7 Å². The van der Waals surface area contributed by atoms with Crippen LogP contribution >= 0.6 is 0 Å². The molecule has 2 unspecified atom stereocenters. The Labute approximate surface area is 196 Å². The van der Waals surface area contributed by atoms with Gasteiger partial charge in [-0.25, -0.2) is 9.22 Å². The molecule has 174 valence electrons. The number of hydrogen-bond acceptors (Lipinski definition) is 5. The van der Waals surface area contributed by atoms with Gasteiger partial charge in [0, 0.05) is 54.6 Å². The zero-order valence-electron chi connectivity index (χ0n) is 18.6. The van der Waals surface area contributed by atoms with Crippen molar-refractivity contribution in [1.29, 1.82) is 0 Å². The largest absolute Gasteiger partial charge is 0.481 e. The first-order valence-electron chi connectivity index (χ1n) is 10.6. The number of carbonyl (C=O) groups is 2. The normalized spacial score (nSPS) is 16.1. The summed E-state index contributed by atoms with van der Waals surface area (Å²) in [5.74, 6) is 5.20. The van der Waals surface area contributed by atoms with Gasteiger partial charge in [0.2, 0.25) is 11.3 Å². The average Bonchev–Trinajstić information content (AvgIpc) is 2.78. The monoisotopic (exact) mass is 469 g/mol. The Bertz CT molecular complexity index is 1090. The molecule has 2 N–H and O–H groups in total. The van der Waals surface area contributed by atoms with Crippen LogP contribution in [0, 0.1) is 11.8 Å². The third-order valence-corrected chi connectivity index (χ3v) is 6.31. The van der Waals surface area contributed by atoms with Crippen molar-refractivity contribution < 1.29 is 23.5 Å². The first-order valence-corrected chi connectivity index (χ1v) is 11.7. The maximum atomic E-state index is 11.8.